The van der Waals surface area contributed by atoms with Crippen molar-refractivity contribution in [1.29, 1.82) is 0 Å². The fourth-order valence-corrected chi connectivity index (χ4v) is 1.56. The molecule has 16 heavy (non-hydrogen) atoms. The molecule has 0 aliphatic carbocycles. The largest absolute Gasteiger partial charge is 0.508 e. The van der Waals surface area contributed by atoms with Crippen molar-refractivity contribution in [3.05, 3.63) is 29.3 Å². The third-order valence-electron chi connectivity index (χ3n) is 2.21. The molecule has 0 bridgehead atoms. The van der Waals surface area contributed by atoms with Crippen LogP contribution in [0.1, 0.15) is 31.1 Å². The third kappa shape index (κ3) is 2.66. The van der Waals surface area contributed by atoms with Crippen LogP contribution in [0.25, 0.3) is 0 Å². The SMILES string of the molecule is CCOC(C)c1c(O)cccc1C(F)(F)F. The lowest BCUT2D eigenvalue weighted by molar-refractivity contribution is -0.139. The van der Waals surface area contributed by atoms with Crippen molar-refractivity contribution in [2.24, 2.45) is 0 Å². The molecule has 0 aliphatic rings. The van der Waals surface area contributed by atoms with E-state index in [1.54, 1.807) is 6.92 Å². The molecular formula is C11H13F3O2. The summed E-state index contributed by atoms with van der Waals surface area (Å²) in [6.07, 6.45) is -5.28. The van der Waals surface area contributed by atoms with Crippen LogP contribution in [-0.4, -0.2) is 11.7 Å². The molecule has 5 heteroatoms. The van der Waals surface area contributed by atoms with E-state index < -0.39 is 23.6 Å². The molecule has 90 valence electrons. The van der Waals surface area contributed by atoms with Gasteiger partial charge in [0, 0.05) is 12.2 Å². The number of phenolic OH excluding ortho intramolecular Hbond substituents is 1. The Balaban J connectivity index is 3.24. The minimum Gasteiger partial charge on any atom is -0.508 e. The molecule has 0 aliphatic heterocycles. The summed E-state index contributed by atoms with van der Waals surface area (Å²) < 4.78 is 43.1. The second-order valence-corrected chi connectivity index (χ2v) is 3.33. The lowest BCUT2D eigenvalue weighted by atomic mass is 10.0. The Kier molecular flexibility index (Phi) is 3.80. The number of aromatic hydroxyl groups is 1. The van der Waals surface area contributed by atoms with E-state index in [0.717, 1.165) is 6.07 Å². The quantitative estimate of drug-likeness (QED) is 0.867. The molecule has 0 radical (unpaired) electrons. The van der Waals surface area contributed by atoms with E-state index in [1.807, 2.05) is 0 Å². The highest BCUT2D eigenvalue weighted by molar-refractivity contribution is 5.42. The first-order valence-corrected chi connectivity index (χ1v) is 4.88. The summed E-state index contributed by atoms with van der Waals surface area (Å²) in [6.45, 7) is 3.45. The molecule has 2 nitrogen and oxygen atoms in total. The minimum absolute atomic E-state index is 0.211. The van der Waals surface area contributed by atoms with Crippen LogP contribution in [-0.2, 0) is 10.9 Å². The van der Waals surface area contributed by atoms with Crippen LogP contribution in [0.15, 0.2) is 18.2 Å². The average Bonchev–Trinajstić information content (AvgIpc) is 2.16. The van der Waals surface area contributed by atoms with Crippen LogP contribution in [0.3, 0.4) is 0 Å². The molecule has 1 rings (SSSR count). The Hall–Kier alpha value is -1.23. The van der Waals surface area contributed by atoms with Gasteiger partial charge in [0.15, 0.2) is 0 Å². The van der Waals surface area contributed by atoms with Gasteiger partial charge in [-0.3, -0.25) is 0 Å². The second-order valence-electron chi connectivity index (χ2n) is 3.33. The predicted molar refractivity (Wildman–Crippen MR) is 53.1 cm³/mol. The Morgan fingerprint density at radius 3 is 2.50 bits per heavy atom. The first kappa shape index (κ1) is 12.8. The highest BCUT2D eigenvalue weighted by Gasteiger charge is 2.35. The minimum atomic E-state index is -4.49. The van der Waals surface area contributed by atoms with E-state index in [9.17, 15) is 18.3 Å². The highest BCUT2D eigenvalue weighted by atomic mass is 19.4. The average molecular weight is 234 g/mol. The molecule has 1 aromatic rings. The summed E-state index contributed by atoms with van der Waals surface area (Å²) in [5.74, 6) is -0.393. The van der Waals surface area contributed by atoms with Crippen molar-refractivity contribution in [3.8, 4) is 5.75 Å². The van der Waals surface area contributed by atoms with Gasteiger partial charge < -0.3 is 9.84 Å². The van der Waals surface area contributed by atoms with Gasteiger partial charge in [0.05, 0.1) is 11.7 Å². The fraction of sp³-hybridized carbons (Fsp3) is 0.455. The molecule has 1 aromatic carbocycles. The standard InChI is InChI=1S/C11H13F3O2/c1-3-16-7(2)10-8(11(12,13)14)5-4-6-9(10)15/h4-7,15H,3H2,1-2H3. The first-order valence-electron chi connectivity index (χ1n) is 4.88. The Morgan fingerprint density at radius 1 is 1.38 bits per heavy atom. The van der Waals surface area contributed by atoms with E-state index in [-0.39, 0.29) is 12.2 Å². The third-order valence-corrected chi connectivity index (χ3v) is 2.21. The maximum atomic E-state index is 12.7. The van der Waals surface area contributed by atoms with Crippen molar-refractivity contribution in [3.63, 3.8) is 0 Å². The summed E-state index contributed by atoms with van der Waals surface area (Å²) in [5.41, 5.74) is -1.06. The molecule has 1 N–H and O–H groups in total. The van der Waals surface area contributed by atoms with Gasteiger partial charge >= 0.3 is 6.18 Å². The lowest BCUT2D eigenvalue weighted by Gasteiger charge is -2.19. The molecule has 0 saturated carbocycles. The van der Waals surface area contributed by atoms with Gasteiger partial charge in [-0.25, -0.2) is 0 Å². The van der Waals surface area contributed by atoms with Gasteiger partial charge in [-0.2, -0.15) is 13.2 Å². The number of halogens is 3. The second kappa shape index (κ2) is 4.74. The topological polar surface area (TPSA) is 29.5 Å². The van der Waals surface area contributed by atoms with E-state index in [4.69, 9.17) is 4.74 Å². The van der Waals surface area contributed by atoms with Gasteiger partial charge in [-0.15, -0.1) is 0 Å². The van der Waals surface area contributed by atoms with Gasteiger partial charge in [0.1, 0.15) is 5.75 Å². The molecule has 0 amide bonds. The highest BCUT2D eigenvalue weighted by Crippen LogP contribution is 2.39. The summed E-state index contributed by atoms with van der Waals surface area (Å²) in [6, 6.07) is 3.32. The van der Waals surface area contributed by atoms with Crippen molar-refractivity contribution in [2.45, 2.75) is 26.1 Å². The summed E-state index contributed by atoms with van der Waals surface area (Å²) in [4.78, 5) is 0. The number of phenols is 1. The first-order chi connectivity index (χ1) is 7.38. The number of alkyl halides is 3. The van der Waals surface area contributed by atoms with Crippen LogP contribution in [0.4, 0.5) is 13.2 Å². The monoisotopic (exact) mass is 234 g/mol. The molecule has 1 atom stereocenters. The van der Waals surface area contributed by atoms with Crippen molar-refractivity contribution in [1.82, 2.24) is 0 Å². The van der Waals surface area contributed by atoms with E-state index in [2.05, 4.69) is 0 Å². The van der Waals surface area contributed by atoms with Gasteiger partial charge in [-0.05, 0) is 26.0 Å². The smallest absolute Gasteiger partial charge is 0.416 e. The van der Waals surface area contributed by atoms with Crippen LogP contribution in [0, 0.1) is 0 Å². The van der Waals surface area contributed by atoms with Gasteiger partial charge in [0.2, 0.25) is 0 Å². The predicted octanol–water partition coefficient (Wildman–Crippen LogP) is 3.51. The van der Waals surface area contributed by atoms with E-state index >= 15 is 0 Å². The van der Waals surface area contributed by atoms with Crippen LogP contribution < -0.4 is 0 Å². The van der Waals surface area contributed by atoms with E-state index in [1.165, 1.54) is 19.1 Å². The molecule has 0 heterocycles. The zero-order chi connectivity index (χ0) is 12.3. The number of rotatable bonds is 3. The van der Waals surface area contributed by atoms with Crippen molar-refractivity contribution >= 4 is 0 Å². The van der Waals surface area contributed by atoms with Gasteiger partial charge in [0.25, 0.3) is 0 Å². The molecule has 0 spiro atoms. The normalized spacial score (nSPS) is 13.8. The number of hydrogen-bond acceptors (Lipinski definition) is 2. The summed E-state index contributed by atoms with van der Waals surface area (Å²) in [5, 5.41) is 9.47. The Labute approximate surface area is 91.7 Å². The van der Waals surface area contributed by atoms with Crippen molar-refractivity contribution in [2.75, 3.05) is 6.61 Å². The molecule has 0 aromatic heterocycles. The maximum absolute atomic E-state index is 12.7. The maximum Gasteiger partial charge on any atom is 0.416 e. The number of hydrogen-bond donors (Lipinski definition) is 1. The molecule has 0 fully saturated rings. The van der Waals surface area contributed by atoms with Crippen molar-refractivity contribution < 1.29 is 23.0 Å². The van der Waals surface area contributed by atoms with Crippen LogP contribution >= 0.6 is 0 Å². The zero-order valence-electron chi connectivity index (χ0n) is 9.01. The van der Waals surface area contributed by atoms with E-state index in [0.29, 0.717) is 0 Å². The zero-order valence-corrected chi connectivity index (χ0v) is 9.01. The van der Waals surface area contributed by atoms with Crippen LogP contribution in [0.5, 0.6) is 5.75 Å². The lowest BCUT2D eigenvalue weighted by Crippen LogP contribution is -2.12. The Morgan fingerprint density at radius 2 is 2.00 bits per heavy atom. The van der Waals surface area contributed by atoms with Gasteiger partial charge in [-0.1, -0.05) is 6.07 Å². The molecular weight excluding hydrogens is 221 g/mol. The van der Waals surface area contributed by atoms with Crippen LogP contribution in [0.2, 0.25) is 0 Å². The number of ether oxygens (including phenoxy) is 1. The summed E-state index contributed by atoms with van der Waals surface area (Å²) in [7, 11) is 0. The number of benzene rings is 1. The summed E-state index contributed by atoms with van der Waals surface area (Å²) >= 11 is 0. The molecule has 1 unspecified atom stereocenters. The Bertz CT molecular complexity index is 361. The fourth-order valence-electron chi connectivity index (χ4n) is 1.56. The molecule has 0 saturated heterocycles.